The second kappa shape index (κ2) is 2.25. The molecule has 0 spiro atoms. The maximum absolute atomic E-state index is 8.75. The fraction of sp³-hybridized carbons (Fsp3) is 0.875. The minimum Gasteiger partial charge on any atom is -0.306 e. The standard InChI is InChI=1S/C8H14N2/c1-8(2,6-9)7-4-10(3)5-7/h7H,4-5H2,1-3H3. The van der Waals surface area contributed by atoms with Gasteiger partial charge in [0.1, 0.15) is 0 Å². The van der Waals surface area contributed by atoms with Crippen molar-refractivity contribution in [3.63, 3.8) is 0 Å². The van der Waals surface area contributed by atoms with E-state index in [1.165, 1.54) is 0 Å². The zero-order chi connectivity index (χ0) is 7.78. The van der Waals surface area contributed by atoms with Crippen LogP contribution in [-0.4, -0.2) is 25.0 Å². The molecule has 1 rings (SSSR count). The molecule has 1 heterocycles. The van der Waals surface area contributed by atoms with E-state index >= 15 is 0 Å². The minimum absolute atomic E-state index is 0.119. The van der Waals surface area contributed by atoms with Crippen molar-refractivity contribution >= 4 is 0 Å². The maximum Gasteiger partial charge on any atom is 0.0687 e. The lowest BCUT2D eigenvalue weighted by Gasteiger charge is -2.42. The van der Waals surface area contributed by atoms with Gasteiger partial charge in [-0.15, -0.1) is 0 Å². The highest BCUT2D eigenvalue weighted by molar-refractivity contribution is 5.01. The second-order valence-corrected chi connectivity index (χ2v) is 3.75. The largest absolute Gasteiger partial charge is 0.306 e. The molecule has 2 nitrogen and oxygen atoms in total. The molecule has 0 unspecified atom stereocenters. The first-order chi connectivity index (χ1) is 4.56. The fourth-order valence-electron chi connectivity index (χ4n) is 1.25. The number of nitriles is 1. The number of hydrogen-bond donors (Lipinski definition) is 0. The van der Waals surface area contributed by atoms with Crippen LogP contribution < -0.4 is 0 Å². The predicted octanol–water partition coefficient (Wildman–Crippen LogP) is 1.10. The number of likely N-dealkylation sites (tertiary alicyclic amines) is 1. The molecule has 0 aliphatic carbocycles. The van der Waals surface area contributed by atoms with Crippen molar-refractivity contribution in [2.24, 2.45) is 11.3 Å². The molecule has 0 N–H and O–H groups in total. The monoisotopic (exact) mass is 138 g/mol. The highest BCUT2D eigenvalue weighted by atomic mass is 15.2. The third-order valence-electron chi connectivity index (χ3n) is 2.37. The smallest absolute Gasteiger partial charge is 0.0687 e. The summed E-state index contributed by atoms with van der Waals surface area (Å²) in [7, 11) is 2.09. The first-order valence-electron chi connectivity index (χ1n) is 3.66. The Morgan fingerprint density at radius 2 is 2.00 bits per heavy atom. The molecule has 2 heteroatoms. The van der Waals surface area contributed by atoms with Gasteiger partial charge in [0.05, 0.1) is 11.5 Å². The van der Waals surface area contributed by atoms with Crippen LogP contribution in [0.3, 0.4) is 0 Å². The topological polar surface area (TPSA) is 27.0 Å². The van der Waals surface area contributed by atoms with Gasteiger partial charge in [-0.2, -0.15) is 5.26 Å². The summed E-state index contributed by atoms with van der Waals surface area (Å²) in [6, 6.07) is 2.34. The van der Waals surface area contributed by atoms with Gasteiger partial charge in [-0.1, -0.05) is 0 Å². The van der Waals surface area contributed by atoms with E-state index in [1.807, 2.05) is 13.8 Å². The molecule has 0 radical (unpaired) electrons. The van der Waals surface area contributed by atoms with Crippen LogP contribution >= 0.6 is 0 Å². The van der Waals surface area contributed by atoms with E-state index in [0.29, 0.717) is 5.92 Å². The Labute approximate surface area is 62.4 Å². The Morgan fingerprint density at radius 3 is 2.30 bits per heavy atom. The third kappa shape index (κ3) is 1.15. The molecule has 0 aromatic rings. The second-order valence-electron chi connectivity index (χ2n) is 3.75. The van der Waals surface area contributed by atoms with Crippen molar-refractivity contribution in [3.05, 3.63) is 0 Å². The van der Waals surface area contributed by atoms with E-state index in [-0.39, 0.29) is 5.41 Å². The Kier molecular flexibility index (Phi) is 1.70. The molecule has 1 aliphatic heterocycles. The van der Waals surface area contributed by atoms with Gasteiger partial charge in [0, 0.05) is 19.0 Å². The van der Waals surface area contributed by atoms with Crippen LogP contribution in [0.1, 0.15) is 13.8 Å². The lowest BCUT2D eigenvalue weighted by molar-refractivity contribution is 0.0655. The summed E-state index contributed by atoms with van der Waals surface area (Å²) in [6.07, 6.45) is 0. The average Bonchev–Trinajstić information content (AvgIpc) is 1.81. The van der Waals surface area contributed by atoms with Gasteiger partial charge in [-0.05, 0) is 20.9 Å². The molecule has 1 aliphatic rings. The number of rotatable bonds is 1. The van der Waals surface area contributed by atoms with Gasteiger partial charge >= 0.3 is 0 Å². The van der Waals surface area contributed by atoms with Crippen molar-refractivity contribution < 1.29 is 0 Å². The highest BCUT2D eigenvalue weighted by Gasteiger charge is 2.36. The lowest BCUT2D eigenvalue weighted by Crippen LogP contribution is -2.50. The Balaban J connectivity index is 2.46. The van der Waals surface area contributed by atoms with E-state index in [0.717, 1.165) is 13.1 Å². The van der Waals surface area contributed by atoms with E-state index < -0.39 is 0 Å². The molecule has 0 amide bonds. The van der Waals surface area contributed by atoms with E-state index in [2.05, 4.69) is 18.0 Å². The first-order valence-corrected chi connectivity index (χ1v) is 3.66. The fourth-order valence-corrected chi connectivity index (χ4v) is 1.25. The molecule has 56 valence electrons. The number of hydrogen-bond acceptors (Lipinski definition) is 2. The molecule has 0 aromatic carbocycles. The van der Waals surface area contributed by atoms with Crippen molar-refractivity contribution in [3.8, 4) is 6.07 Å². The highest BCUT2D eigenvalue weighted by Crippen LogP contribution is 2.32. The van der Waals surface area contributed by atoms with E-state index in [4.69, 9.17) is 5.26 Å². The molecule has 0 saturated carbocycles. The summed E-state index contributed by atoms with van der Waals surface area (Å²) >= 11 is 0. The van der Waals surface area contributed by atoms with Gasteiger partial charge in [0.25, 0.3) is 0 Å². The quantitative estimate of drug-likeness (QED) is 0.542. The van der Waals surface area contributed by atoms with Crippen LogP contribution in [-0.2, 0) is 0 Å². The Bertz CT molecular complexity index is 161. The summed E-state index contributed by atoms with van der Waals surface area (Å²) < 4.78 is 0. The summed E-state index contributed by atoms with van der Waals surface area (Å²) in [5.41, 5.74) is -0.119. The molecule has 10 heavy (non-hydrogen) atoms. The van der Waals surface area contributed by atoms with E-state index in [1.54, 1.807) is 0 Å². The Hall–Kier alpha value is -0.550. The molecule has 1 saturated heterocycles. The van der Waals surface area contributed by atoms with Crippen LogP contribution in [0.5, 0.6) is 0 Å². The minimum atomic E-state index is -0.119. The van der Waals surface area contributed by atoms with Crippen LogP contribution in [0, 0.1) is 22.7 Å². The van der Waals surface area contributed by atoms with Gasteiger partial charge in [-0.3, -0.25) is 0 Å². The first kappa shape index (κ1) is 7.56. The maximum atomic E-state index is 8.75. The van der Waals surface area contributed by atoms with Crippen LogP contribution in [0.15, 0.2) is 0 Å². The van der Waals surface area contributed by atoms with Crippen LogP contribution in [0.25, 0.3) is 0 Å². The zero-order valence-corrected chi connectivity index (χ0v) is 6.89. The summed E-state index contributed by atoms with van der Waals surface area (Å²) in [5, 5.41) is 8.75. The number of nitrogens with zero attached hydrogens (tertiary/aromatic N) is 2. The van der Waals surface area contributed by atoms with Gasteiger partial charge < -0.3 is 4.90 Å². The zero-order valence-electron chi connectivity index (χ0n) is 6.89. The Morgan fingerprint density at radius 1 is 1.50 bits per heavy atom. The summed E-state index contributed by atoms with van der Waals surface area (Å²) in [4.78, 5) is 2.24. The molecular weight excluding hydrogens is 124 g/mol. The molecule has 0 aromatic heterocycles. The van der Waals surface area contributed by atoms with Crippen molar-refractivity contribution in [1.82, 2.24) is 4.90 Å². The van der Waals surface area contributed by atoms with Gasteiger partial charge in [-0.25, -0.2) is 0 Å². The van der Waals surface area contributed by atoms with Crippen LogP contribution in [0.4, 0.5) is 0 Å². The van der Waals surface area contributed by atoms with Gasteiger partial charge in [0.2, 0.25) is 0 Å². The predicted molar refractivity (Wildman–Crippen MR) is 40.4 cm³/mol. The van der Waals surface area contributed by atoms with Crippen molar-refractivity contribution in [1.29, 1.82) is 5.26 Å². The molecule has 0 bridgehead atoms. The van der Waals surface area contributed by atoms with Crippen LogP contribution in [0.2, 0.25) is 0 Å². The molecule has 0 atom stereocenters. The van der Waals surface area contributed by atoms with E-state index in [9.17, 15) is 0 Å². The van der Waals surface area contributed by atoms with Gasteiger partial charge in [0.15, 0.2) is 0 Å². The van der Waals surface area contributed by atoms with Crippen molar-refractivity contribution in [2.75, 3.05) is 20.1 Å². The molecular formula is C8H14N2. The SMILES string of the molecule is CN1CC(C(C)(C)C#N)C1. The molecule has 1 fully saturated rings. The van der Waals surface area contributed by atoms with Crippen molar-refractivity contribution in [2.45, 2.75) is 13.8 Å². The average molecular weight is 138 g/mol. The normalized spacial score (nSPS) is 21.8. The summed E-state index contributed by atoms with van der Waals surface area (Å²) in [6.45, 7) is 6.20. The third-order valence-corrected chi connectivity index (χ3v) is 2.37. The summed E-state index contributed by atoms with van der Waals surface area (Å²) in [5.74, 6) is 0.586. The lowest BCUT2D eigenvalue weighted by atomic mass is 9.76.